The van der Waals surface area contributed by atoms with E-state index < -0.39 is 18.1 Å². The normalized spacial score (nSPS) is 14.8. The summed E-state index contributed by atoms with van der Waals surface area (Å²) >= 11 is 5.86. The summed E-state index contributed by atoms with van der Waals surface area (Å²) in [5, 5.41) is 22.2. The molecule has 3 N–H and O–H groups in total. The van der Waals surface area contributed by atoms with Crippen molar-refractivity contribution in [2.24, 2.45) is 5.92 Å². The van der Waals surface area contributed by atoms with Gasteiger partial charge in [0.15, 0.2) is 5.78 Å². The second kappa shape index (κ2) is 8.89. The van der Waals surface area contributed by atoms with Gasteiger partial charge in [-0.25, -0.2) is 0 Å². The van der Waals surface area contributed by atoms with E-state index in [0.717, 1.165) is 5.56 Å². The molecular formula is C17H24ClNO4. The molecule has 0 radical (unpaired) electrons. The fourth-order valence-corrected chi connectivity index (χ4v) is 2.35. The number of Topliss-reactive ketones (excluding diaryl/α,β-unsaturated/α-hetero) is 1. The van der Waals surface area contributed by atoms with Gasteiger partial charge in [-0.1, -0.05) is 44.9 Å². The zero-order chi connectivity index (χ0) is 17.6. The molecule has 3 unspecified atom stereocenters. The van der Waals surface area contributed by atoms with Crippen molar-refractivity contribution < 1.29 is 19.8 Å². The van der Waals surface area contributed by atoms with Crippen molar-refractivity contribution in [1.29, 1.82) is 0 Å². The first-order chi connectivity index (χ1) is 10.8. The van der Waals surface area contributed by atoms with E-state index in [1.807, 2.05) is 6.92 Å². The lowest BCUT2D eigenvalue weighted by Crippen LogP contribution is -2.48. The summed E-state index contributed by atoms with van der Waals surface area (Å²) in [5.74, 6) is -0.893. The van der Waals surface area contributed by atoms with Crippen molar-refractivity contribution in [1.82, 2.24) is 5.32 Å². The average Bonchev–Trinajstić information content (AvgIpc) is 2.55. The number of rotatable bonds is 8. The first-order valence-corrected chi connectivity index (χ1v) is 8.16. The molecule has 0 fully saturated rings. The Hall–Kier alpha value is -1.59. The fourth-order valence-electron chi connectivity index (χ4n) is 2.14. The van der Waals surface area contributed by atoms with Gasteiger partial charge in [-0.15, -0.1) is 0 Å². The van der Waals surface area contributed by atoms with Gasteiger partial charge in [-0.3, -0.25) is 9.59 Å². The zero-order valence-electron chi connectivity index (χ0n) is 13.7. The minimum Gasteiger partial charge on any atom is -0.506 e. The van der Waals surface area contributed by atoms with E-state index in [4.69, 9.17) is 11.6 Å². The van der Waals surface area contributed by atoms with Gasteiger partial charge >= 0.3 is 0 Å². The molecular weight excluding hydrogens is 318 g/mol. The third-order valence-electron chi connectivity index (χ3n) is 3.96. The van der Waals surface area contributed by atoms with E-state index in [1.165, 1.54) is 6.07 Å². The second-order valence-electron chi connectivity index (χ2n) is 5.70. The van der Waals surface area contributed by atoms with E-state index in [0.29, 0.717) is 6.42 Å². The number of ketones is 1. The van der Waals surface area contributed by atoms with Crippen molar-refractivity contribution in [2.75, 3.05) is 0 Å². The molecule has 3 atom stereocenters. The first kappa shape index (κ1) is 19.5. The van der Waals surface area contributed by atoms with Crippen molar-refractivity contribution in [3.8, 4) is 5.75 Å². The molecule has 0 aliphatic rings. The molecule has 0 aromatic heterocycles. The molecule has 5 nitrogen and oxygen atoms in total. The maximum absolute atomic E-state index is 12.1. The SMILES string of the molecule is CCC(=O)C(Cc1ccc(O)c(Cl)c1)NC(=O)C(O)C(C)CC. The number of phenols is 1. The van der Waals surface area contributed by atoms with Crippen LogP contribution in [0.15, 0.2) is 18.2 Å². The number of hydrogen-bond acceptors (Lipinski definition) is 4. The summed E-state index contributed by atoms with van der Waals surface area (Å²) < 4.78 is 0. The lowest BCUT2D eigenvalue weighted by atomic mass is 9.98. The number of amides is 1. The Balaban J connectivity index is 2.86. The monoisotopic (exact) mass is 341 g/mol. The van der Waals surface area contributed by atoms with Gasteiger partial charge in [0.2, 0.25) is 5.91 Å². The van der Waals surface area contributed by atoms with E-state index in [9.17, 15) is 19.8 Å². The molecule has 0 aliphatic heterocycles. The molecule has 1 amide bonds. The van der Waals surface area contributed by atoms with Crippen LogP contribution in [-0.2, 0) is 16.0 Å². The molecule has 23 heavy (non-hydrogen) atoms. The van der Waals surface area contributed by atoms with Crippen LogP contribution in [0, 0.1) is 5.92 Å². The molecule has 0 saturated heterocycles. The van der Waals surface area contributed by atoms with Crippen LogP contribution in [0.3, 0.4) is 0 Å². The number of aliphatic hydroxyl groups excluding tert-OH is 1. The predicted octanol–water partition coefficient (Wildman–Crippen LogP) is 2.46. The maximum Gasteiger partial charge on any atom is 0.249 e. The Morgan fingerprint density at radius 3 is 2.48 bits per heavy atom. The predicted molar refractivity (Wildman–Crippen MR) is 89.5 cm³/mol. The molecule has 0 saturated carbocycles. The highest BCUT2D eigenvalue weighted by Crippen LogP contribution is 2.24. The smallest absolute Gasteiger partial charge is 0.249 e. The number of aromatic hydroxyl groups is 1. The van der Waals surface area contributed by atoms with Gasteiger partial charge < -0.3 is 15.5 Å². The van der Waals surface area contributed by atoms with Crippen molar-refractivity contribution in [3.63, 3.8) is 0 Å². The number of halogens is 1. The van der Waals surface area contributed by atoms with Crippen LogP contribution in [0.25, 0.3) is 0 Å². The van der Waals surface area contributed by atoms with Crippen molar-refractivity contribution >= 4 is 23.3 Å². The van der Waals surface area contributed by atoms with Gasteiger partial charge in [-0.2, -0.15) is 0 Å². The summed E-state index contributed by atoms with van der Waals surface area (Å²) in [6.45, 7) is 5.38. The van der Waals surface area contributed by atoms with Crippen LogP contribution in [0.1, 0.15) is 39.2 Å². The number of benzene rings is 1. The Labute approximate surface area is 141 Å². The molecule has 0 spiro atoms. The van der Waals surface area contributed by atoms with E-state index in [2.05, 4.69) is 5.32 Å². The molecule has 6 heteroatoms. The van der Waals surface area contributed by atoms with Crippen LogP contribution < -0.4 is 5.32 Å². The van der Waals surface area contributed by atoms with Gasteiger partial charge in [0.05, 0.1) is 11.1 Å². The Kier molecular flexibility index (Phi) is 7.52. The minimum absolute atomic E-state index is 0.0370. The van der Waals surface area contributed by atoms with E-state index in [-0.39, 0.29) is 35.3 Å². The standard InChI is InChI=1S/C17H24ClNO4/c1-4-10(3)16(22)17(23)19-13(14(20)5-2)9-11-6-7-15(21)12(18)8-11/h6-8,10,13,16,21-22H,4-5,9H2,1-3H3,(H,19,23). The largest absolute Gasteiger partial charge is 0.506 e. The Morgan fingerprint density at radius 1 is 1.30 bits per heavy atom. The number of aliphatic hydroxyl groups is 1. The molecule has 1 aromatic carbocycles. The number of phenolic OH excluding ortho intramolecular Hbond substituents is 1. The Morgan fingerprint density at radius 2 is 1.96 bits per heavy atom. The summed E-state index contributed by atoms with van der Waals surface area (Å²) in [5.41, 5.74) is 0.720. The maximum atomic E-state index is 12.1. The molecule has 1 rings (SSSR count). The number of hydrogen-bond donors (Lipinski definition) is 3. The number of nitrogens with one attached hydrogen (secondary N) is 1. The quantitative estimate of drug-likeness (QED) is 0.678. The van der Waals surface area contributed by atoms with Crippen LogP contribution >= 0.6 is 11.6 Å². The average molecular weight is 342 g/mol. The highest BCUT2D eigenvalue weighted by Gasteiger charge is 2.26. The van der Waals surface area contributed by atoms with Crippen LogP contribution in [0.5, 0.6) is 5.75 Å². The first-order valence-electron chi connectivity index (χ1n) is 7.78. The van der Waals surface area contributed by atoms with Gasteiger partial charge in [0, 0.05) is 6.42 Å². The molecule has 1 aromatic rings. The van der Waals surface area contributed by atoms with Crippen LogP contribution in [0.2, 0.25) is 5.02 Å². The van der Waals surface area contributed by atoms with Crippen LogP contribution in [-0.4, -0.2) is 34.0 Å². The molecule has 128 valence electrons. The van der Waals surface area contributed by atoms with Gasteiger partial charge in [0.25, 0.3) is 0 Å². The van der Waals surface area contributed by atoms with Crippen molar-refractivity contribution in [2.45, 2.75) is 52.2 Å². The molecule has 0 bridgehead atoms. The highest BCUT2D eigenvalue weighted by atomic mass is 35.5. The number of carbonyl (C=O) groups excluding carboxylic acids is 2. The zero-order valence-corrected chi connectivity index (χ0v) is 14.4. The fraction of sp³-hybridized carbons (Fsp3) is 0.529. The second-order valence-corrected chi connectivity index (χ2v) is 6.11. The lowest BCUT2D eigenvalue weighted by Gasteiger charge is -2.22. The molecule has 0 heterocycles. The topological polar surface area (TPSA) is 86.6 Å². The third kappa shape index (κ3) is 5.52. The van der Waals surface area contributed by atoms with Gasteiger partial charge in [0.1, 0.15) is 11.9 Å². The van der Waals surface area contributed by atoms with E-state index in [1.54, 1.807) is 26.0 Å². The summed E-state index contributed by atoms with van der Waals surface area (Å²) in [6.07, 6.45) is 0.0479. The summed E-state index contributed by atoms with van der Waals surface area (Å²) in [4.78, 5) is 24.2. The molecule has 0 aliphatic carbocycles. The van der Waals surface area contributed by atoms with E-state index >= 15 is 0 Å². The third-order valence-corrected chi connectivity index (χ3v) is 4.26. The van der Waals surface area contributed by atoms with Gasteiger partial charge in [-0.05, 0) is 30.0 Å². The highest BCUT2D eigenvalue weighted by molar-refractivity contribution is 6.32. The van der Waals surface area contributed by atoms with Crippen LogP contribution in [0.4, 0.5) is 0 Å². The van der Waals surface area contributed by atoms with Crippen molar-refractivity contribution in [3.05, 3.63) is 28.8 Å². The number of carbonyl (C=O) groups is 2. The minimum atomic E-state index is -1.14. The lowest BCUT2D eigenvalue weighted by molar-refractivity contribution is -0.135. The Bertz CT molecular complexity index is 562. The summed E-state index contributed by atoms with van der Waals surface area (Å²) in [6, 6.07) is 3.92. The summed E-state index contributed by atoms with van der Waals surface area (Å²) in [7, 11) is 0.